The molecule has 0 heterocycles. The molecule has 0 amide bonds. The predicted octanol–water partition coefficient (Wildman–Crippen LogP) is 2.14. The highest BCUT2D eigenvalue weighted by molar-refractivity contribution is 14.1. The number of carboxylic acids is 1. The van der Waals surface area contributed by atoms with Crippen LogP contribution >= 0.6 is 22.6 Å². The maximum absolute atomic E-state index is 11.5. The summed E-state index contributed by atoms with van der Waals surface area (Å²) in [5.41, 5.74) is -0.734. The second-order valence-corrected chi connectivity index (χ2v) is 5.87. The number of carbonyl (C=O) groups is 2. The molecule has 1 atom stereocenters. The van der Waals surface area contributed by atoms with Gasteiger partial charge in [0.1, 0.15) is 9.53 Å². The van der Waals surface area contributed by atoms with E-state index in [4.69, 9.17) is 9.84 Å². The van der Waals surface area contributed by atoms with Gasteiger partial charge in [-0.05, 0) is 32.6 Å². The first kappa shape index (κ1) is 12.7. The Balaban J connectivity index is 2.65. The fraction of sp³-hybridized carbons (Fsp3) is 0.800. The summed E-state index contributed by atoms with van der Waals surface area (Å²) in [6.45, 7) is 1.74. The van der Waals surface area contributed by atoms with Crippen LogP contribution in [0.5, 0.6) is 0 Å². The van der Waals surface area contributed by atoms with Gasteiger partial charge in [0.15, 0.2) is 0 Å². The molecule has 0 bridgehead atoms. The van der Waals surface area contributed by atoms with Crippen molar-refractivity contribution in [2.24, 2.45) is 0 Å². The zero-order valence-electron chi connectivity index (χ0n) is 8.66. The van der Waals surface area contributed by atoms with Crippen molar-refractivity contribution in [3.63, 3.8) is 0 Å². The molecule has 0 aliphatic heterocycles. The molecule has 5 heteroatoms. The third-order valence-corrected chi connectivity index (χ3v) is 3.14. The van der Waals surface area contributed by atoms with E-state index in [-0.39, 0.29) is 16.3 Å². The van der Waals surface area contributed by atoms with Gasteiger partial charge in [-0.1, -0.05) is 22.6 Å². The molecule has 15 heavy (non-hydrogen) atoms. The summed E-state index contributed by atoms with van der Waals surface area (Å²) in [7, 11) is 0. The number of rotatable bonds is 4. The predicted molar refractivity (Wildman–Crippen MR) is 63.0 cm³/mol. The van der Waals surface area contributed by atoms with Crippen molar-refractivity contribution in [2.45, 2.75) is 48.6 Å². The molecule has 0 saturated heterocycles. The Labute approximate surface area is 103 Å². The zero-order valence-corrected chi connectivity index (χ0v) is 10.8. The van der Waals surface area contributed by atoms with Crippen LogP contribution in [-0.4, -0.2) is 26.6 Å². The molecular formula is C10H15IO4. The van der Waals surface area contributed by atoms with E-state index in [1.807, 2.05) is 22.6 Å². The number of carbonyl (C=O) groups excluding carboxylic acids is 1. The lowest BCUT2D eigenvalue weighted by molar-refractivity contribution is -0.163. The SMILES string of the molecule is CC(I)C(=O)OC1(CC(=O)O)CCCC1. The molecule has 1 aliphatic carbocycles. The molecule has 1 aliphatic rings. The largest absolute Gasteiger partial charge is 0.481 e. The summed E-state index contributed by atoms with van der Waals surface area (Å²) < 4.78 is 5.12. The molecule has 1 rings (SSSR count). The van der Waals surface area contributed by atoms with Gasteiger partial charge < -0.3 is 9.84 Å². The monoisotopic (exact) mass is 326 g/mol. The van der Waals surface area contributed by atoms with Crippen LogP contribution in [0.25, 0.3) is 0 Å². The lowest BCUT2D eigenvalue weighted by atomic mass is 9.97. The number of aliphatic carboxylic acids is 1. The maximum atomic E-state index is 11.5. The van der Waals surface area contributed by atoms with Gasteiger partial charge in [-0.2, -0.15) is 0 Å². The third kappa shape index (κ3) is 3.62. The first-order valence-electron chi connectivity index (χ1n) is 5.04. The van der Waals surface area contributed by atoms with E-state index >= 15 is 0 Å². The molecule has 86 valence electrons. The summed E-state index contributed by atoms with van der Waals surface area (Å²) in [6, 6.07) is 0. The van der Waals surface area contributed by atoms with Crippen LogP contribution in [0.15, 0.2) is 0 Å². The van der Waals surface area contributed by atoms with Crippen LogP contribution in [0, 0.1) is 0 Å². The summed E-state index contributed by atoms with van der Waals surface area (Å²) in [6.07, 6.45) is 3.16. The highest BCUT2D eigenvalue weighted by Crippen LogP contribution is 2.36. The Kier molecular flexibility index (Phi) is 4.36. The van der Waals surface area contributed by atoms with Crippen molar-refractivity contribution >= 4 is 34.5 Å². The minimum Gasteiger partial charge on any atom is -0.481 e. The average Bonchev–Trinajstić information content (AvgIpc) is 2.51. The molecular weight excluding hydrogens is 311 g/mol. The third-order valence-electron chi connectivity index (χ3n) is 2.63. The molecule has 0 spiro atoms. The fourth-order valence-electron chi connectivity index (χ4n) is 1.90. The van der Waals surface area contributed by atoms with Crippen LogP contribution < -0.4 is 0 Å². The second-order valence-electron chi connectivity index (χ2n) is 4.00. The molecule has 0 aromatic heterocycles. The first-order chi connectivity index (χ1) is 6.95. The molecule has 0 aromatic rings. The molecule has 1 fully saturated rings. The summed E-state index contributed by atoms with van der Waals surface area (Å²) in [4.78, 5) is 22.2. The van der Waals surface area contributed by atoms with Crippen LogP contribution in [0.3, 0.4) is 0 Å². The Hall–Kier alpha value is -0.330. The molecule has 0 radical (unpaired) electrons. The van der Waals surface area contributed by atoms with Crippen molar-refractivity contribution in [1.29, 1.82) is 0 Å². The minimum atomic E-state index is -0.897. The van der Waals surface area contributed by atoms with Gasteiger partial charge >= 0.3 is 11.9 Å². The standard InChI is InChI=1S/C10H15IO4/c1-7(11)9(14)15-10(6-8(12)13)4-2-3-5-10/h7H,2-6H2,1H3,(H,12,13). The summed E-state index contributed by atoms with van der Waals surface area (Å²) in [5.74, 6) is -1.20. The van der Waals surface area contributed by atoms with Crippen molar-refractivity contribution in [3.05, 3.63) is 0 Å². The number of esters is 1. The van der Waals surface area contributed by atoms with E-state index in [1.54, 1.807) is 6.92 Å². The van der Waals surface area contributed by atoms with E-state index in [1.165, 1.54) is 0 Å². The smallest absolute Gasteiger partial charge is 0.319 e. The zero-order chi connectivity index (χ0) is 11.5. The van der Waals surface area contributed by atoms with Gasteiger partial charge in [0, 0.05) is 0 Å². The van der Waals surface area contributed by atoms with Gasteiger partial charge in [0.05, 0.1) is 6.42 Å². The molecule has 4 nitrogen and oxygen atoms in total. The van der Waals surface area contributed by atoms with Crippen LogP contribution in [0.4, 0.5) is 0 Å². The number of alkyl halides is 1. The van der Waals surface area contributed by atoms with E-state index in [9.17, 15) is 9.59 Å². The highest BCUT2D eigenvalue weighted by Gasteiger charge is 2.40. The normalized spacial score (nSPS) is 20.9. The fourth-order valence-corrected chi connectivity index (χ4v) is 2.03. The topological polar surface area (TPSA) is 63.6 Å². The number of halogens is 1. The highest BCUT2D eigenvalue weighted by atomic mass is 127. The number of hydrogen-bond donors (Lipinski definition) is 1. The number of ether oxygens (including phenoxy) is 1. The summed E-state index contributed by atoms with van der Waals surface area (Å²) in [5, 5.41) is 8.80. The van der Waals surface area contributed by atoms with Gasteiger partial charge in [-0.25, -0.2) is 0 Å². The van der Waals surface area contributed by atoms with Crippen molar-refractivity contribution in [2.75, 3.05) is 0 Å². The van der Waals surface area contributed by atoms with E-state index in [2.05, 4.69) is 0 Å². The Morgan fingerprint density at radius 1 is 1.47 bits per heavy atom. The molecule has 1 saturated carbocycles. The first-order valence-corrected chi connectivity index (χ1v) is 6.28. The quantitative estimate of drug-likeness (QED) is 0.488. The second kappa shape index (κ2) is 5.14. The van der Waals surface area contributed by atoms with E-state index in [0.29, 0.717) is 12.8 Å². The van der Waals surface area contributed by atoms with Crippen molar-refractivity contribution < 1.29 is 19.4 Å². The van der Waals surface area contributed by atoms with Gasteiger partial charge in [0.2, 0.25) is 0 Å². The lowest BCUT2D eigenvalue weighted by Gasteiger charge is -2.27. The Morgan fingerprint density at radius 3 is 2.40 bits per heavy atom. The number of carboxylic acid groups (broad SMARTS) is 1. The summed E-state index contributed by atoms with van der Waals surface area (Å²) >= 11 is 1.97. The van der Waals surface area contributed by atoms with Crippen LogP contribution in [0.1, 0.15) is 39.0 Å². The minimum absolute atomic E-state index is 0.0674. The van der Waals surface area contributed by atoms with Gasteiger partial charge in [0.25, 0.3) is 0 Å². The lowest BCUT2D eigenvalue weighted by Crippen LogP contribution is -2.36. The average molecular weight is 326 g/mol. The van der Waals surface area contributed by atoms with Crippen molar-refractivity contribution in [1.82, 2.24) is 0 Å². The molecule has 1 N–H and O–H groups in total. The molecule has 0 aromatic carbocycles. The molecule has 1 unspecified atom stereocenters. The number of hydrogen-bond acceptors (Lipinski definition) is 3. The van der Waals surface area contributed by atoms with Gasteiger partial charge in [-0.3, -0.25) is 9.59 Å². The van der Waals surface area contributed by atoms with E-state index in [0.717, 1.165) is 12.8 Å². The van der Waals surface area contributed by atoms with Crippen LogP contribution in [-0.2, 0) is 14.3 Å². The van der Waals surface area contributed by atoms with Gasteiger partial charge in [-0.15, -0.1) is 0 Å². The van der Waals surface area contributed by atoms with E-state index < -0.39 is 11.6 Å². The van der Waals surface area contributed by atoms with Crippen molar-refractivity contribution in [3.8, 4) is 0 Å². The Morgan fingerprint density at radius 2 is 2.00 bits per heavy atom. The Bertz CT molecular complexity index is 256. The maximum Gasteiger partial charge on any atom is 0.319 e. The van der Waals surface area contributed by atoms with Crippen LogP contribution in [0.2, 0.25) is 0 Å².